The lowest BCUT2D eigenvalue weighted by Gasteiger charge is -2.22. The SMILES string of the molecule is Cc1cc(Cl)c(C(=O)O[C@H]2C(=O)OCC2(C)C)cc1C. The molecule has 1 saturated heterocycles. The van der Waals surface area contributed by atoms with Crippen LogP contribution in [-0.2, 0) is 14.3 Å². The predicted molar refractivity (Wildman–Crippen MR) is 74.9 cm³/mol. The van der Waals surface area contributed by atoms with Crippen molar-refractivity contribution < 1.29 is 19.1 Å². The van der Waals surface area contributed by atoms with Crippen molar-refractivity contribution in [3.8, 4) is 0 Å². The lowest BCUT2D eigenvalue weighted by atomic mass is 9.90. The Kier molecular flexibility index (Phi) is 3.78. The molecule has 0 aromatic heterocycles. The number of halogens is 1. The van der Waals surface area contributed by atoms with Crippen LogP contribution in [0, 0.1) is 19.3 Å². The van der Waals surface area contributed by atoms with Crippen molar-refractivity contribution in [1.29, 1.82) is 0 Å². The van der Waals surface area contributed by atoms with Crippen molar-refractivity contribution in [3.05, 3.63) is 33.8 Å². The molecule has 1 aromatic carbocycles. The van der Waals surface area contributed by atoms with Crippen LogP contribution in [0.25, 0.3) is 0 Å². The molecule has 4 nitrogen and oxygen atoms in total. The maximum absolute atomic E-state index is 12.2. The molecule has 1 aliphatic rings. The van der Waals surface area contributed by atoms with Gasteiger partial charge in [-0.2, -0.15) is 0 Å². The molecule has 0 bridgehead atoms. The number of cyclic esters (lactones) is 1. The largest absolute Gasteiger partial charge is 0.462 e. The van der Waals surface area contributed by atoms with Crippen molar-refractivity contribution in [1.82, 2.24) is 0 Å². The highest BCUT2D eigenvalue weighted by Crippen LogP contribution is 2.32. The molecule has 0 aliphatic carbocycles. The molecular formula is C15H17ClO4. The first kappa shape index (κ1) is 14.9. The smallest absolute Gasteiger partial charge is 0.348 e. The van der Waals surface area contributed by atoms with Gasteiger partial charge >= 0.3 is 11.9 Å². The molecule has 1 aromatic rings. The Morgan fingerprint density at radius 3 is 2.50 bits per heavy atom. The van der Waals surface area contributed by atoms with E-state index in [2.05, 4.69) is 0 Å². The molecule has 2 rings (SSSR count). The van der Waals surface area contributed by atoms with Crippen LogP contribution in [0.3, 0.4) is 0 Å². The Morgan fingerprint density at radius 1 is 1.35 bits per heavy atom. The Morgan fingerprint density at radius 2 is 1.95 bits per heavy atom. The third-order valence-electron chi connectivity index (χ3n) is 3.54. The maximum atomic E-state index is 12.2. The summed E-state index contributed by atoms with van der Waals surface area (Å²) in [6.07, 6.45) is -0.896. The van der Waals surface area contributed by atoms with Gasteiger partial charge in [-0.15, -0.1) is 0 Å². The molecule has 0 spiro atoms. The molecule has 20 heavy (non-hydrogen) atoms. The zero-order valence-electron chi connectivity index (χ0n) is 12.0. The topological polar surface area (TPSA) is 52.6 Å². The summed E-state index contributed by atoms with van der Waals surface area (Å²) in [5.74, 6) is -1.11. The van der Waals surface area contributed by atoms with Crippen molar-refractivity contribution in [3.63, 3.8) is 0 Å². The molecule has 5 heteroatoms. The second kappa shape index (κ2) is 5.09. The van der Waals surface area contributed by atoms with E-state index in [-0.39, 0.29) is 12.2 Å². The minimum absolute atomic E-state index is 0.241. The first-order chi connectivity index (χ1) is 9.22. The van der Waals surface area contributed by atoms with Gasteiger partial charge in [0, 0.05) is 5.41 Å². The van der Waals surface area contributed by atoms with Crippen molar-refractivity contribution in [2.24, 2.45) is 5.41 Å². The van der Waals surface area contributed by atoms with Crippen LogP contribution in [0.4, 0.5) is 0 Å². The number of esters is 2. The zero-order valence-corrected chi connectivity index (χ0v) is 12.7. The lowest BCUT2D eigenvalue weighted by molar-refractivity contribution is -0.145. The van der Waals surface area contributed by atoms with E-state index in [9.17, 15) is 9.59 Å². The Hall–Kier alpha value is -1.55. The number of rotatable bonds is 2. The number of carbonyl (C=O) groups is 2. The van der Waals surface area contributed by atoms with E-state index in [1.807, 2.05) is 27.7 Å². The van der Waals surface area contributed by atoms with Gasteiger partial charge in [0.1, 0.15) is 6.61 Å². The minimum atomic E-state index is -0.896. The lowest BCUT2D eigenvalue weighted by Crippen LogP contribution is -2.35. The van der Waals surface area contributed by atoms with E-state index in [1.54, 1.807) is 12.1 Å². The van der Waals surface area contributed by atoms with Gasteiger partial charge in [0.15, 0.2) is 0 Å². The van der Waals surface area contributed by atoms with Crippen LogP contribution >= 0.6 is 11.6 Å². The summed E-state index contributed by atoms with van der Waals surface area (Å²) in [6.45, 7) is 7.67. The van der Waals surface area contributed by atoms with Gasteiger partial charge in [-0.1, -0.05) is 25.4 Å². The van der Waals surface area contributed by atoms with Crippen LogP contribution in [0.15, 0.2) is 12.1 Å². The fourth-order valence-corrected chi connectivity index (χ4v) is 2.34. The molecule has 0 amide bonds. The minimum Gasteiger partial charge on any atom is -0.462 e. The standard InChI is InChI=1S/C15H17ClO4/c1-8-5-10(11(16)6-9(8)2)13(17)20-12-14(18)19-7-15(12,3)4/h5-6,12H,7H2,1-4H3/t12-/m0/s1. The average molecular weight is 297 g/mol. The molecule has 0 unspecified atom stereocenters. The number of benzene rings is 1. The van der Waals surface area contributed by atoms with E-state index in [0.29, 0.717) is 5.02 Å². The van der Waals surface area contributed by atoms with Crippen LogP contribution in [0.5, 0.6) is 0 Å². The fraction of sp³-hybridized carbons (Fsp3) is 0.467. The van der Waals surface area contributed by atoms with Crippen molar-refractivity contribution >= 4 is 23.5 Å². The maximum Gasteiger partial charge on any atom is 0.348 e. The summed E-state index contributed by atoms with van der Waals surface area (Å²) in [5.41, 5.74) is 1.67. The van der Waals surface area contributed by atoms with E-state index in [4.69, 9.17) is 21.1 Å². The first-order valence-electron chi connectivity index (χ1n) is 6.37. The molecule has 1 fully saturated rings. The van der Waals surface area contributed by atoms with Crippen molar-refractivity contribution in [2.75, 3.05) is 6.61 Å². The third kappa shape index (κ3) is 2.66. The highest BCUT2D eigenvalue weighted by molar-refractivity contribution is 6.33. The summed E-state index contributed by atoms with van der Waals surface area (Å²) in [4.78, 5) is 23.8. The van der Waals surface area contributed by atoms with E-state index in [0.717, 1.165) is 11.1 Å². The predicted octanol–water partition coefficient (Wildman–Crippen LogP) is 3.07. The second-order valence-corrected chi connectivity index (χ2v) is 6.21. The second-order valence-electron chi connectivity index (χ2n) is 5.80. The Balaban J connectivity index is 2.25. The van der Waals surface area contributed by atoms with Crippen LogP contribution in [0.1, 0.15) is 35.3 Å². The number of hydrogen-bond donors (Lipinski definition) is 0. The number of hydrogen-bond acceptors (Lipinski definition) is 4. The van der Waals surface area contributed by atoms with Gasteiger partial charge in [0.05, 0.1) is 10.6 Å². The molecule has 0 N–H and O–H groups in total. The van der Waals surface area contributed by atoms with E-state index in [1.165, 1.54) is 0 Å². The number of carbonyl (C=O) groups excluding carboxylic acids is 2. The molecule has 0 saturated carbocycles. The molecular weight excluding hydrogens is 280 g/mol. The summed E-state index contributed by atoms with van der Waals surface area (Å²) in [6, 6.07) is 3.39. The normalized spacial score (nSPS) is 20.6. The molecule has 1 heterocycles. The van der Waals surface area contributed by atoms with Crippen LogP contribution in [0.2, 0.25) is 5.02 Å². The average Bonchev–Trinajstić information content (AvgIpc) is 2.60. The van der Waals surface area contributed by atoms with Gasteiger partial charge in [-0.05, 0) is 37.1 Å². The highest BCUT2D eigenvalue weighted by atomic mass is 35.5. The van der Waals surface area contributed by atoms with Gasteiger partial charge in [0.25, 0.3) is 0 Å². The van der Waals surface area contributed by atoms with Crippen LogP contribution < -0.4 is 0 Å². The molecule has 1 atom stereocenters. The Labute approximate surface area is 123 Å². The van der Waals surface area contributed by atoms with E-state index >= 15 is 0 Å². The summed E-state index contributed by atoms with van der Waals surface area (Å²) >= 11 is 6.07. The number of ether oxygens (including phenoxy) is 2. The molecule has 0 radical (unpaired) electrons. The van der Waals surface area contributed by atoms with Crippen LogP contribution in [-0.4, -0.2) is 24.6 Å². The van der Waals surface area contributed by atoms with E-state index < -0.39 is 23.5 Å². The van der Waals surface area contributed by atoms with Gasteiger partial charge in [-0.3, -0.25) is 0 Å². The van der Waals surface area contributed by atoms with Gasteiger partial charge in [-0.25, -0.2) is 9.59 Å². The quantitative estimate of drug-likeness (QED) is 0.787. The Bertz CT molecular complexity index is 577. The monoisotopic (exact) mass is 296 g/mol. The van der Waals surface area contributed by atoms with Crippen molar-refractivity contribution in [2.45, 2.75) is 33.8 Å². The number of aryl methyl sites for hydroxylation is 2. The summed E-state index contributed by atoms with van der Waals surface area (Å²) in [7, 11) is 0. The zero-order chi connectivity index (χ0) is 15.1. The van der Waals surface area contributed by atoms with Gasteiger partial charge in [0.2, 0.25) is 6.10 Å². The summed E-state index contributed by atoms with van der Waals surface area (Å²) in [5, 5.41) is 0.322. The first-order valence-corrected chi connectivity index (χ1v) is 6.74. The third-order valence-corrected chi connectivity index (χ3v) is 3.85. The van der Waals surface area contributed by atoms with Gasteiger partial charge < -0.3 is 9.47 Å². The fourth-order valence-electron chi connectivity index (χ4n) is 2.04. The summed E-state index contributed by atoms with van der Waals surface area (Å²) < 4.78 is 10.2. The molecule has 108 valence electrons. The molecule has 1 aliphatic heterocycles. The highest BCUT2D eigenvalue weighted by Gasteiger charge is 2.46.